The van der Waals surface area contributed by atoms with Gasteiger partial charge < -0.3 is 5.32 Å². The Balaban J connectivity index is 1.66. The summed E-state index contributed by atoms with van der Waals surface area (Å²) in [6.07, 6.45) is 8.10. The summed E-state index contributed by atoms with van der Waals surface area (Å²) in [7, 11) is 0. The molecular formula is C11H20N2O2. The van der Waals surface area contributed by atoms with Gasteiger partial charge in [-0.3, -0.25) is 9.63 Å². The molecule has 86 valence electrons. The molecule has 0 aromatic heterocycles. The number of nitrogens with one attached hydrogen (secondary N) is 2. The maximum absolute atomic E-state index is 11.7. The molecule has 2 rings (SSSR count). The van der Waals surface area contributed by atoms with Crippen LogP contribution in [0.2, 0.25) is 0 Å². The predicted molar refractivity (Wildman–Crippen MR) is 57.1 cm³/mol. The van der Waals surface area contributed by atoms with E-state index in [0.29, 0.717) is 0 Å². The highest BCUT2D eigenvalue weighted by molar-refractivity contribution is 5.80. The normalized spacial score (nSPS) is 27.9. The molecule has 0 radical (unpaired) electrons. The van der Waals surface area contributed by atoms with Gasteiger partial charge in [0.15, 0.2) is 0 Å². The van der Waals surface area contributed by atoms with Crippen LogP contribution in [0.3, 0.4) is 0 Å². The Labute approximate surface area is 90.7 Å². The fraction of sp³-hybridized carbons (Fsp3) is 0.909. The molecule has 2 fully saturated rings. The Morgan fingerprint density at radius 2 is 1.87 bits per heavy atom. The molecule has 0 spiro atoms. The molecule has 1 saturated heterocycles. The molecule has 2 aliphatic rings. The molecule has 15 heavy (non-hydrogen) atoms. The van der Waals surface area contributed by atoms with E-state index in [-0.39, 0.29) is 18.1 Å². The first-order valence-corrected chi connectivity index (χ1v) is 6.05. The van der Waals surface area contributed by atoms with Gasteiger partial charge in [-0.25, -0.2) is 5.48 Å². The zero-order valence-electron chi connectivity index (χ0n) is 9.13. The maximum atomic E-state index is 11.7. The number of rotatable bonds is 3. The SMILES string of the molecule is O=C(NOC1CCCC1)[C@@H]1CCCCN1. The van der Waals surface area contributed by atoms with Crippen LogP contribution in [-0.4, -0.2) is 24.6 Å². The first-order valence-electron chi connectivity index (χ1n) is 6.05. The molecule has 4 nitrogen and oxygen atoms in total. The molecule has 2 N–H and O–H groups in total. The van der Waals surface area contributed by atoms with E-state index in [2.05, 4.69) is 10.8 Å². The lowest BCUT2D eigenvalue weighted by atomic mass is 10.1. The van der Waals surface area contributed by atoms with Crippen molar-refractivity contribution in [3.05, 3.63) is 0 Å². The van der Waals surface area contributed by atoms with E-state index in [1.165, 1.54) is 19.3 Å². The minimum Gasteiger partial charge on any atom is -0.306 e. The van der Waals surface area contributed by atoms with Crippen LogP contribution in [0, 0.1) is 0 Å². The van der Waals surface area contributed by atoms with Crippen molar-refractivity contribution in [1.82, 2.24) is 10.8 Å². The highest BCUT2D eigenvalue weighted by atomic mass is 16.7. The number of hydroxylamine groups is 1. The molecule has 1 aliphatic heterocycles. The Bertz CT molecular complexity index is 209. The summed E-state index contributed by atoms with van der Waals surface area (Å²) in [5, 5.41) is 3.20. The zero-order chi connectivity index (χ0) is 10.5. The molecule has 1 aliphatic carbocycles. The van der Waals surface area contributed by atoms with Crippen molar-refractivity contribution in [2.75, 3.05) is 6.54 Å². The van der Waals surface area contributed by atoms with Crippen LogP contribution in [0.5, 0.6) is 0 Å². The minimum absolute atomic E-state index is 0.00148. The van der Waals surface area contributed by atoms with Gasteiger partial charge >= 0.3 is 0 Å². The van der Waals surface area contributed by atoms with Crippen molar-refractivity contribution in [1.29, 1.82) is 0 Å². The Morgan fingerprint density at radius 3 is 2.53 bits per heavy atom. The van der Waals surface area contributed by atoms with E-state index in [4.69, 9.17) is 4.84 Å². The van der Waals surface area contributed by atoms with Gasteiger partial charge in [-0.15, -0.1) is 0 Å². The number of piperidine rings is 1. The van der Waals surface area contributed by atoms with Gasteiger partial charge in [0, 0.05) is 0 Å². The highest BCUT2D eigenvalue weighted by Gasteiger charge is 2.22. The number of amides is 1. The monoisotopic (exact) mass is 212 g/mol. The third-order valence-corrected chi connectivity index (χ3v) is 3.26. The number of hydrogen-bond donors (Lipinski definition) is 2. The van der Waals surface area contributed by atoms with E-state index in [0.717, 1.165) is 32.2 Å². The number of carbonyl (C=O) groups excluding carboxylic acids is 1. The Hall–Kier alpha value is -0.610. The predicted octanol–water partition coefficient (Wildman–Crippen LogP) is 1.12. The van der Waals surface area contributed by atoms with Crippen molar-refractivity contribution >= 4 is 5.91 Å². The van der Waals surface area contributed by atoms with Crippen molar-refractivity contribution in [2.24, 2.45) is 0 Å². The van der Waals surface area contributed by atoms with Gasteiger partial charge in [0.25, 0.3) is 5.91 Å². The van der Waals surface area contributed by atoms with E-state index in [1.807, 2.05) is 0 Å². The first-order chi connectivity index (χ1) is 7.36. The van der Waals surface area contributed by atoms with Crippen LogP contribution in [0.25, 0.3) is 0 Å². The highest BCUT2D eigenvalue weighted by Crippen LogP contribution is 2.20. The lowest BCUT2D eigenvalue weighted by Crippen LogP contribution is -2.47. The van der Waals surface area contributed by atoms with Gasteiger partial charge in [-0.2, -0.15) is 0 Å². The van der Waals surface area contributed by atoms with E-state index >= 15 is 0 Å². The molecule has 0 bridgehead atoms. The molecular weight excluding hydrogens is 192 g/mol. The van der Waals surface area contributed by atoms with Gasteiger partial charge in [0.1, 0.15) is 0 Å². The van der Waals surface area contributed by atoms with Crippen LogP contribution in [-0.2, 0) is 9.63 Å². The topological polar surface area (TPSA) is 50.4 Å². The lowest BCUT2D eigenvalue weighted by molar-refractivity contribution is -0.140. The number of carbonyl (C=O) groups is 1. The summed E-state index contributed by atoms with van der Waals surface area (Å²) in [5.41, 5.74) is 2.59. The molecule has 1 atom stereocenters. The zero-order valence-corrected chi connectivity index (χ0v) is 9.13. The molecule has 0 aromatic rings. The summed E-state index contributed by atoms with van der Waals surface area (Å²) in [6, 6.07) is -0.0415. The Kier molecular flexibility index (Phi) is 3.97. The molecule has 0 unspecified atom stereocenters. The van der Waals surface area contributed by atoms with Crippen LogP contribution < -0.4 is 10.8 Å². The average Bonchev–Trinajstić information content (AvgIpc) is 2.80. The molecule has 1 amide bonds. The fourth-order valence-electron chi connectivity index (χ4n) is 2.29. The maximum Gasteiger partial charge on any atom is 0.260 e. The van der Waals surface area contributed by atoms with E-state index < -0.39 is 0 Å². The number of hydrogen-bond acceptors (Lipinski definition) is 3. The van der Waals surface area contributed by atoms with Crippen LogP contribution in [0.1, 0.15) is 44.9 Å². The van der Waals surface area contributed by atoms with Crippen LogP contribution in [0.15, 0.2) is 0 Å². The summed E-state index contributed by atoms with van der Waals surface area (Å²) < 4.78 is 0. The summed E-state index contributed by atoms with van der Waals surface area (Å²) >= 11 is 0. The van der Waals surface area contributed by atoms with Gasteiger partial charge in [-0.1, -0.05) is 19.3 Å². The second kappa shape index (κ2) is 5.47. The van der Waals surface area contributed by atoms with Crippen molar-refractivity contribution in [2.45, 2.75) is 57.1 Å². The average molecular weight is 212 g/mol. The summed E-state index contributed by atoms with van der Waals surface area (Å²) in [6.45, 7) is 0.946. The van der Waals surface area contributed by atoms with Gasteiger partial charge in [-0.05, 0) is 32.2 Å². The van der Waals surface area contributed by atoms with Crippen molar-refractivity contribution in [3.63, 3.8) is 0 Å². The smallest absolute Gasteiger partial charge is 0.260 e. The van der Waals surface area contributed by atoms with E-state index in [9.17, 15) is 4.79 Å². The largest absolute Gasteiger partial charge is 0.306 e. The first kappa shape index (κ1) is 10.9. The lowest BCUT2D eigenvalue weighted by Gasteiger charge is -2.23. The molecule has 1 heterocycles. The third kappa shape index (κ3) is 3.18. The van der Waals surface area contributed by atoms with Crippen molar-refractivity contribution in [3.8, 4) is 0 Å². The minimum atomic E-state index is -0.0415. The second-order valence-corrected chi connectivity index (χ2v) is 4.49. The van der Waals surface area contributed by atoms with Crippen LogP contribution in [0.4, 0.5) is 0 Å². The van der Waals surface area contributed by atoms with E-state index in [1.54, 1.807) is 0 Å². The third-order valence-electron chi connectivity index (χ3n) is 3.26. The molecule has 1 saturated carbocycles. The second-order valence-electron chi connectivity index (χ2n) is 4.49. The summed E-state index contributed by atoms with van der Waals surface area (Å²) in [5.74, 6) is 0.00148. The van der Waals surface area contributed by atoms with Crippen molar-refractivity contribution < 1.29 is 9.63 Å². The van der Waals surface area contributed by atoms with Crippen LogP contribution >= 0.6 is 0 Å². The van der Waals surface area contributed by atoms with Gasteiger partial charge in [0.05, 0.1) is 12.1 Å². The Morgan fingerprint density at radius 1 is 1.13 bits per heavy atom. The van der Waals surface area contributed by atoms with Gasteiger partial charge in [0.2, 0.25) is 0 Å². The standard InChI is InChI=1S/C11H20N2O2/c14-11(10-7-3-4-8-12-10)13-15-9-5-1-2-6-9/h9-10,12H,1-8H2,(H,13,14)/t10-/m0/s1. The molecule has 0 aromatic carbocycles. The fourth-order valence-corrected chi connectivity index (χ4v) is 2.29. The summed E-state index contributed by atoms with van der Waals surface area (Å²) in [4.78, 5) is 17.0. The molecule has 4 heteroatoms. The quantitative estimate of drug-likeness (QED) is 0.689.